The molecule has 0 spiro atoms. The average molecular weight is 570 g/mol. The molecule has 1 aliphatic heterocycles. The van der Waals surface area contributed by atoms with Crippen LogP contribution >= 0.6 is 11.9 Å². The second-order valence-corrected chi connectivity index (χ2v) is 11.6. The van der Waals surface area contributed by atoms with Gasteiger partial charge in [-0.2, -0.15) is 0 Å². The van der Waals surface area contributed by atoms with Gasteiger partial charge in [-0.05, 0) is 79.6 Å². The summed E-state index contributed by atoms with van der Waals surface area (Å²) < 4.78 is 8.90. The van der Waals surface area contributed by atoms with E-state index in [0.29, 0.717) is 35.2 Å². The first-order valence-corrected chi connectivity index (χ1v) is 14.6. The second kappa shape index (κ2) is 13.8. The summed E-state index contributed by atoms with van der Waals surface area (Å²) in [7, 11) is 1.57. The Bertz CT molecular complexity index is 1240. The molecule has 1 fully saturated rings. The summed E-state index contributed by atoms with van der Waals surface area (Å²) in [6.07, 6.45) is 5.33. The Labute approximate surface area is 241 Å². The molecule has 10 nitrogen and oxygen atoms in total. The van der Waals surface area contributed by atoms with Gasteiger partial charge in [-0.3, -0.25) is 14.6 Å². The molecule has 11 heteroatoms. The highest BCUT2D eigenvalue weighted by Crippen LogP contribution is 2.39. The van der Waals surface area contributed by atoms with Crippen molar-refractivity contribution in [3.63, 3.8) is 0 Å². The van der Waals surface area contributed by atoms with E-state index >= 15 is 0 Å². The van der Waals surface area contributed by atoms with Crippen molar-refractivity contribution in [1.82, 2.24) is 10.6 Å². The predicted octanol–water partition coefficient (Wildman–Crippen LogP) is 3.84. The number of aryl methyl sites for hydroxylation is 1. The number of nitrogens with two attached hydrogens (primary N) is 2. The van der Waals surface area contributed by atoms with E-state index in [0.717, 1.165) is 42.7 Å². The first-order chi connectivity index (χ1) is 18.9. The van der Waals surface area contributed by atoms with E-state index in [1.54, 1.807) is 25.3 Å². The number of hydrogen-bond acceptors (Lipinski definition) is 9. The lowest BCUT2D eigenvalue weighted by Gasteiger charge is -2.24. The standard InChI is InChI=1S/C29H43N7O3S/c1-18-7-8-20(13-25(18)36(31)17-22(30)28(38)33-16-19-9-11-32-12-10-19)27(37)34-23-14-21(29(2,3)4)15-24(35-40-6)26(23)39-5/h7-8,13-15,17,19,32,35H,9-12,16,30-31H2,1-6H3,(H,33,38)(H,34,37)/b22-17-. The molecule has 0 unspecified atom stereocenters. The Morgan fingerprint density at radius 3 is 2.48 bits per heavy atom. The zero-order valence-corrected chi connectivity index (χ0v) is 25.1. The van der Waals surface area contributed by atoms with E-state index in [1.807, 2.05) is 25.3 Å². The molecule has 1 aliphatic rings. The molecule has 2 amide bonds. The average Bonchev–Trinajstić information content (AvgIpc) is 2.91. The molecule has 2 aromatic carbocycles. The van der Waals surface area contributed by atoms with Crippen LogP contribution in [0.15, 0.2) is 42.2 Å². The first kappa shape index (κ1) is 31.1. The van der Waals surface area contributed by atoms with E-state index < -0.39 is 0 Å². The third-order valence-corrected chi connectivity index (χ3v) is 7.34. The van der Waals surface area contributed by atoms with Crippen LogP contribution in [0.2, 0.25) is 0 Å². The van der Waals surface area contributed by atoms with E-state index in [2.05, 4.69) is 41.4 Å². The molecular weight excluding hydrogens is 526 g/mol. The zero-order chi connectivity index (χ0) is 29.4. The Balaban J connectivity index is 1.80. The minimum Gasteiger partial charge on any atom is -0.492 e. The maximum atomic E-state index is 13.4. The van der Waals surface area contributed by atoms with Gasteiger partial charge in [-0.25, -0.2) is 5.84 Å². The molecule has 1 saturated heterocycles. The number of benzene rings is 2. The molecule has 2 aromatic rings. The number of carbonyl (C=O) groups is 2. The van der Waals surface area contributed by atoms with Crippen LogP contribution in [0.3, 0.4) is 0 Å². The minimum atomic E-state index is -0.374. The highest BCUT2D eigenvalue weighted by molar-refractivity contribution is 7.99. The van der Waals surface area contributed by atoms with Crippen molar-refractivity contribution in [1.29, 1.82) is 0 Å². The number of piperidine rings is 1. The van der Waals surface area contributed by atoms with Crippen LogP contribution < -0.4 is 42.0 Å². The van der Waals surface area contributed by atoms with Crippen molar-refractivity contribution in [2.75, 3.05) is 48.0 Å². The molecular formula is C29H43N7O3S. The van der Waals surface area contributed by atoms with Crippen molar-refractivity contribution < 1.29 is 14.3 Å². The second-order valence-electron chi connectivity index (χ2n) is 11.0. The molecule has 0 aromatic heterocycles. The number of nitrogens with one attached hydrogen (secondary N) is 4. The fourth-order valence-corrected chi connectivity index (χ4v) is 4.86. The fraction of sp³-hybridized carbons (Fsp3) is 0.448. The molecule has 0 saturated carbocycles. The van der Waals surface area contributed by atoms with Crippen LogP contribution in [0.5, 0.6) is 5.75 Å². The monoisotopic (exact) mass is 569 g/mol. The highest BCUT2D eigenvalue weighted by atomic mass is 32.2. The molecule has 40 heavy (non-hydrogen) atoms. The number of nitrogens with zero attached hydrogens (tertiary/aromatic N) is 1. The van der Waals surface area contributed by atoms with Crippen LogP contribution in [0.1, 0.15) is 55.1 Å². The summed E-state index contributed by atoms with van der Waals surface area (Å²) in [6, 6.07) is 9.15. The molecule has 0 aliphatic carbocycles. The van der Waals surface area contributed by atoms with Gasteiger partial charge in [-0.1, -0.05) is 38.8 Å². The smallest absolute Gasteiger partial charge is 0.268 e. The summed E-state index contributed by atoms with van der Waals surface area (Å²) in [5.41, 5.74) is 10.0. The van der Waals surface area contributed by atoms with Crippen LogP contribution in [-0.2, 0) is 10.2 Å². The third-order valence-electron chi connectivity index (χ3n) is 6.92. The minimum absolute atomic E-state index is 0.0109. The Morgan fingerprint density at radius 1 is 1.18 bits per heavy atom. The number of carbonyl (C=O) groups excluding carboxylic acids is 2. The molecule has 0 atom stereocenters. The number of anilines is 3. The summed E-state index contributed by atoms with van der Waals surface area (Å²) in [6.45, 7) is 10.7. The van der Waals surface area contributed by atoms with Crippen molar-refractivity contribution in [3.05, 3.63) is 58.9 Å². The number of hydrogen-bond donors (Lipinski definition) is 6. The lowest BCUT2D eigenvalue weighted by atomic mass is 9.86. The van der Waals surface area contributed by atoms with Gasteiger partial charge in [0.25, 0.3) is 11.8 Å². The molecule has 218 valence electrons. The zero-order valence-electron chi connectivity index (χ0n) is 24.3. The topological polar surface area (TPSA) is 147 Å². The van der Waals surface area contributed by atoms with Crippen molar-refractivity contribution in [2.24, 2.45) is 17.5 Å². The van der Waals surface area contributed by atoms with Gasteiger partial charge in [0.2, 0.25) is 0 Å². The van der Waals surface area contributed by atoms with E-state index in [4.69, 9.17) is 16.3 Å². The summed E-state index contributed by atoms with van der Waals surface area (Å²) in [4.78, 5) is 26.0. The fourth-order valence-electron chi connectivity index (χ4n) is 4.49. The molecule has 1 heterocycles. The SMILES string of the molecule is COc1c(NSC)cc(C(C)(C)C)cc1NC(=O)c1ccc(C)c(N(N)/C=C(\N)C(=O)NCC2CCNCC2)c1. The van der Waals surface area contributed by atoms with Crippen molar-refractivity contribution >= 4 is 40.8 Å². The summed E-state index contributed by atoms with van der Waals surface area (Å²) in [5, 5.41) is 10.5. The van der Waals surface area contributed by atoms with Gasteiger partial charge in [0, 0.05) is 24.6 Å². The van der Waals surface area contributed by atoms with Gasteiger partial charge >= 0.3 is 0 Å². The van der Waals surface area contributed by atoms with Crippen molar-refractivity contribution in [3.8, 4) is 5.75 Å². The number of amides is 2. The molecule has 3 rings (SSSR count). The maximum Gasteiger partial charge on any atom is 0.268 e. The summed E-state index contributed by atoms with van der Waals surface area (Å²) in [5.74, 6) is 6.55. The number of hydrazine groups is 1. The molecule has 0 bridgehead atoms. The van der Waals surface area contributed by atoms with Crippen LogP contribution in [0, 0.1) is 12.8 Å². The highest BCUT2D eigenvalue weighted by Gasteiger charge is 2.22. The lowest BCUT2D eigenvalue weighted by molar-refractivity contribution is -0.117. The van der Waals surface area contributed by atoms with Gasteiger partial charge in [-0.15, -0.1) is 0 Å². The van der Waals surface area contributed by atoms with Gasteiger partial charge < -0.3 is 31.1 Å². The maximum absolute atomic E-state index is 13.4. The van der Waals surface area contributed by atoms with Crippen molar-refractivity contribution in [2.45, 2.75) is 46.0 Å². The van der Waals surface area contributed by atoms with Gasteiger partial charge in [0.15, 0.2) is 5.75 Å². The molecule has 8 N–H and O–H groups in total. The number of ether oxygens (including phenoxy) is 1. The van der Waals surface area contributed by atoms with Crippen LogP contribution in [0.25, 0.3) is 0 Å². The Morgan fingerprint density at radius 2 is 1.85 bits per heavy atom. The van der Waals surface area contributed by atoms with Crippen LogP contribution in [-0.4, -0.2) is 44.8 Å². The predicted molar refractivity (Wildman–Crippen MR) is 166 cm³/mol. The van der Waals surface area contributed by atoms with Gasteiger partial charge in [0.1, 0.15) is 5.70 Å². The number of rotatable bonds is 10. The first-order valence-electron chi connectivity index (χ1n) is 13.4. The summed E-state index contributed by atoms with van der Waals surface area (Å²) >= 11 is 1.44. The van der Waals surface area contributed by atoms with E-state index in [9.17, 15) is 9.59 Å². The lowest BCUT2D eigenvalue weighted by Crippen LogP contribution is -2.38. The van der Waals surface area contributed by atoms with E-state index in [1.165, 1.54) is 23.2 Å². The quantitative estimate of drug-likeness (QED) is 0.109. The Kier molecular flexibility index (Phi) is 10.7. The number of methoxy groups -OCH3 is 1. The third kappa shape index (κ3) is 8.06. The Hall–Kier alpha value is -3.41. The normalized spacial score (nSPS) is 14.4. The van der Waals surface area contributed by atoms with Gasteiger partial charge in [0.05, 0.1) is 24.2 Å². The largest absolute Gasteiger partial charge is 0.492 e. The molecule has 0 radical (unpaired) electrons. The van der Waals surface area contributed by atoms with E-state index in [-0.39, 0.29) is 22.9 Å². The van der Waals surface area contributed by atoms with Crippen LogP contribution in [0.4, 0.5) is 17.1 Å².